The standard InChI is InChI=1S/C15H21BrN4/c1-5-12(17)15-13(6-2)20(19-18-15)11-7-9(3)14(16)10(4)8-11/h7-8,12H,5-6,17H2,1-4H3. The predicted octanol–water partition coefficient (Wildman–Crippen LogP) is 3.62. The number of aryl methyl sites for hydroxylation is 2. The summed E-state index contributed by atoms with van der Waals surface area (Å²) < 4.78 is 3.06. The lowest BCUT2D eigenvalue weighted by Crippen LogP contribution is -2.12. The minimum absolute atomic E-state index is 0.0451. The van der Waals surface area contributed by atoms with Crippen LogP contribution in [0.1, 0.15) is 48.8 Å². The maximum Gasteiger partial charge on any atom is 0.103 e. The summed E-state index contributed by atoms with van der Waals surface area (Å²) in [6.07, 6.45) is 1.73. The fourth-order valence-electron chi connectivity index (χ4n) is 2.38. The molecule has 1 atom stereocenters. The second kappa shape index (κ2) is 6.06. The molecule has 20 heavy (non-hydrogen) atoms. The van der Waals surface area contributed by atoms with Crippen molar-refractivity contribution in [1.82, 2.24) is 15.0 Å². The first kappa shape index (κ1) is 15.2. The van der Waals surface area contributed by atoms with Gasteiger partial charge in [0.1, 0.15) is 5.69 Å². The van der Waals surface area contributed by atoms with Gasteiger partial charge in [-0.15, -0.1) is 5.10 Å². The van der Waals surface area contributed by atoms with Crippen LogP contribution in [0, 0.1) is 13.8 Å². The minimum Gasteiger partial charge on any atom is -0.323 e. The SMILES string of the molecule is CCc1c(C(N)CC)nnn1-c1cc(C)c(Br)c(C)c1. The molecule has 2 aromatic rings. The Morgan fingerprint density at radius 2 is 1.85 bits per heavy atom. The Balaban J connectivity index is 2.56. The van der Waals surface area contributed by atoms with Crippen LogP contribution < -0.4 is 5.73 Å². The summed E-state index contributed by atoms with van der Waals surface area (Å²) in [4.78, 5) is 0. The van der Waals surface area contributed by atoms with Crippen LogP contribution in [0.5, 0.6) is 0 Å². The molecule has 1 aromatic heterocycles. The molecule has 0 aliphatic carbocycles. The Kier molecular flexibility index (Phi) is 4.60. The van der Waals surface area contributed by atoms with E-state index in [1.807, 2.05) is 4.68 Å². The predicted molar refractivity (Wildman–Crippen MR) is 85.1 cm³/mol. The molecular formula is C15H21BrN4. The molecule has 2 rings (SSSR count). The van der Waals surface area contributed by atoms with Gasteiger partial charge in [0.2, 0.25) is 0 Å². The highest BCUT2D eigenvalue weighted by atomic mass is 79.9. The summed E-state index contributed by atoms with van der Waals surface area (Å²) in [5.41, 5.74) is 11.6. The van der Waals surface area contributed by atoms with Crippen LogP contribution in [0.15, 0.2) is 16.6 Å². The molecule has 0 radical (unpaired) electrons. The van der Waals surface area contributed by atoms with E-state index in [4.69, 9.17) is 5.73 Å². The lowest BCUT2D eigenvalue weighted by Gasteiger charge is -2.12. The number of rotatable bonds is 4. The van der Waals surface area contributed by atoms with Crippen molar-refractivity contribution in [2.45, 2.75) is 46.6 Å². The molecule has 0 saturated heterocycles. The second-order valence-corrected chi connectivity index (χ2v) is 5.89. The van der Waals surface area contributed by atoms with E-state index < -0.39 is 0 Å². The molecular weight excluding hydrogens is 316 g/mol. The van der Waals surface area contributed by atoms with Crippen molar-refractivity contribution in [2.24, 2.45) is 5.73 Å². The molecule has 2 N–H and O–H groups in total. The Hall–Kier alpha value is -1.20. The van der Waals surface area contributed by atoms with Crippen molar-refractivity contribution in [3.05, 3.63) is 39.1 Å². The van der Waals surface area contributed by atoms with Crippen LogP contribution in [-0.4, -0.2) is 15.0 Å². The Bertz CT molecular complexity index is 595. The van der Waals surface area contributed by atoms with E-state index in [1.165, 1.54) is 11.1 Å². The molecule has 1 aromatic carbocycles. The highest BCUT2D eigenvalue weighted by Crippen LogP contribution is 2.26. The van der Waals surface area contributed by atoms with Gasteiger partial charge in [0, 0.05) is 4.47 Å². The first-order valence-electron chi connectivity index (χ1n) is 6.96. The third-order valence-corrected chi connectivity index (χ3v) is 4.84. The molecule has 0 saturated carbocycles. The first-order chi connectivity index (χ1) is 9.49. The second-order valence-electron chi connectivity index (χ2n) is 5.10. The topological polar surface area (TPSA) is 56.7 Å². The average molecular weight is 337 g/mol. The van der Waals surface area contributed by atoms with Gasteiger partial charge in [-0.1, -0.05) is 35.0 Å². The van der Waals surface area contributed by atoms with Crippen molar-refractivity contribution >= 4 is 15.9 Å². The molecule has 0 aliphatic rings. The zero-order valence-corrected chi connectivity index (χ0v) is 14.0. The van der Waals surface area contributed by atoms with E-state index in [1.54, 1.807) is 0 Å². The summed E-state index contributed by atoms with van der Waals surface area (Å²) in [5.74, 6) is 0. The van der Waals surface area contributed by atoms with Gasteiger partial charge in [-0.05, 0) is 49.9 Å². The molecule has 0 aliphatic heterocycles. The van der Waals surface area contributed by atoms with Gasteiger partial charge in [-0.25, -0.2) is 4.68 Å². The van der Waals surface area contributed by atoms with Gasteiger partial charge < -0.3 is 5.73 Å². The summed E-state index contributed by atoms with van der Waals surface area (Å²) in [6, 6.07) is 4.19. The van der Waals surface area contributed by atoms with Crippen LogP contribution in [0.3, 0.4) is 0 Å². The van der Waals surface area contributed by atoms with E-state index >= 15 is 0 Å². The first-order valence-corrected chi connectivity index (χ1v) is 7.76. The maximum atomic E-state index is 6.12. The molecule has 0 spiro atoms. The lowest BCUT2D eigenvalue weighted by molar-refractivity contribution is 0.665. The van der Waals surface area contributed by atoms with Crippen molar-refractivity contribution in [3.8, 4) is 5.69 Å². The summed E-state index contributed by atoms with van der Waals surface area (Å²) in [7, 11) is 0. The Morgan fingerprint density at radius 1 is 1.25 bits per heavy atom. The number of hydrogen-bond donors (Lipinski definition) is 1. The quantitative estimate of drug-likeness (QED) is 0.927. The van der Waals surface area contributed by atoms with Gasteiger partial charge in [0.15, 0.2) is 0 Å². The summed E-state index contributed by atoms with van der Waals surface area (Å²) >= 11 is 3.60. The zero-order chi connectivity index (χ0) is 14.9. The highest BCUT2D eigenvalue weighted by molar-refractivity contribution is 9.10. The van der Waals surface area contributed by atoms with Crippen LogP contribution >= 0.6 is 15.9 Å². The van der Waals surface area contributed by atoms with Crippen LogP contribution in [-0.2, 0) is 6.42 Å². The van der Waals surface area contributed by atoms with Gasteiger partial charge in [0.25, 0.3) is 0 Å². The molecule has 5 heteroatoms. The van der Waals surface area contributed by atoms with E-state index in [-0.39, 0.29) is 6.04 Å². The third-order valence-electron chi connectivity index (χ3n) is 3.58. The van der Waals surface area contributed by atoms with Gasteiger partial charge in [-0.3, -0.25) is 0 Å². The number of nitrogens with zero attached hydrogens (tertiary/aromatic N) is 3. The van der Waals surface area contributed by atoms with Gasteiger partial charge in [-0.2, -0.15) is 0 Å². The Morgan fingerprint density at radius 3 is 2.35 bits per heavy atom. The number of hydrogen-bond acceptors (Lipinski definition) is 3. The van der Waals surface area contributed by atoms with Gasteiger partial charge >= 0.3 is 0 Å². The molecule has 0 amide bonds. The summed E-state index contributed by atoms with van der Waals surface area (Å²) in [5, 5.41) is 8.60. The molecule has 1 unspecified atom stereocenters. The fraction of sp³-hybridized carbons (Fsp3) is 0.467. The maximum absolute atomic E-state index is 6.12. The zero-order valence-electron chi connectivity index (χ0n) is 12.4. The van der Waals surface area contributed by atoms with Crippen molar-refractivity contribution < 1.29 is 0 Å². The average Bonchev–Trinajstić information content (AvgIpc) is 2.87. The fourth-order valence-corrected chi connectivity index (χ4v) is 2.61. The summed E-state index contributed by atoms with van der Waals surface area (Å²) in [6.45, 7) is 8.35. The van der Waals surface area contributed by atoms with Crippen LogP contribution in [0.25, 0.3) is 5.69 Å². The number of benzene rings is 1. The Labute approximate surface area is 128 Å². The molecule has 4 nitrogen and oxygen atoms in total. The normalized spacial score (nSPS) is 12.7. The number of halogens is 1. The third kappa shape index (κ3) is 2.65. The van der Waals surface area contributed by atoms with E-state index in [0.29, 0.717) is 0 Å². The smallest absolute Gasteiger partial charge is 0.103 e. The molecule has 0 bridgehead atoms. The van der Waals surface area contributed by atoms with E-state index in [0.717, 1.165) is 34.4 Å². The largest absolute Gasteiger partial charge is 0.323 e. The highest BCUT2D eigenvalue weighted by Gasteiger charge is 2.18. The number of nitrogens with two attached hydrogens (primary N) is 1. The molecule has 0 fully saturated rings. The molecule has 1 heterocycles. The van der Waals surface area contributed by atoms with Crippen molar-refractivity contribution in [3.63, 3.8) is 0 Å². The van der Waals surface area contributed by atoms with Crippen molar-refractivity contribution in [1.29, 1.82) is 0 Å². The van der Waals surface area contributed by atoms with Crippen LogP contribution in [0.4, 0.5) is 0 Å². The lowest BCUT2D eigenvalue weighted by atomic mass is 10.1. The minimum atomic E-state index is -0.0451. The van der Waals surface area contributed by atoms with E-state index in [9.17, 15) is 0 Å². The molecule has 108 valence electrons. The van der Waals surface area contributed by atoms with Crippen LogP contribution in [0.2, 0.25) is 0 Å². The van der Waals surface area contributed by atoms with E-state index in [2.05, 4.69) is 66.1 Å². The van der Waals surface area contributed by atoms with Crippen molar-refractivity contribution in [2.75, 3.05) is 0 Å². The van der Waals surface area contributed by atoms with Gasteiger partial charge in [0.05, 0.1) is 17.4 Å². The monoisotopic (exact) mass is 336 g/mol. The number of aromatic nitrogens is 3.